The first-order valence-electron chi connectivity index (χ1n) is 9.33. The number of sulfonamides is 1. The Bertz CT molecular complexity index is 1180. The van der Waals surface area contributed by atoms with Gasteiger partial charge in [-0.2, -0.15) is 13.2 Å². The predicted molar refractivity (Wildman–Crippen MR) is 113 cm³/mol. The molecule has 0 bridgehead atoms. The molecule has 3 rings (SSSR count). The van der Waals surface area contributed by atoms with Gasteiger partial charge in [-0.3, -0.25) is 9.10 Å². The Balaban J connectivity index is 1.76. The minimum absolute atomic E-state index is 0.199. The first kappa shape index (κ1) is 23.1. The van der Waals surface area contributed by atoms with Gasteiger partial charge in [0.15, 0.2) is 0 Å². The molecule has 6 nitrogen and oxygen atoms in total. The van der Waals surface area contributed by atoms with Crippen molar-refractivity contribution in [3.63, 3.8) is 0 Å². The maximum absolute atomic E-state index is 13.0. The fraction of sp³-hybridized carbons (Fsp3) is 0.136. The number of para-hydroxylation sites is 1. The van der Waals surface area contributed by atoms with Crippen LogP contribution in [0.25, 0.3) is 0 Å². The van der Waals surface area contributed by atoms with Crippen LogP contribution in [0, 0.1) is 0 Å². The van der Waals surface area contributed by atoms with Gasteiger partial charge < -0.3 is 10.1 Å². The number of anilines is 1. The molecule has 0 aliphatic carbocycles. The van der Waals surface area contributed by atoms with E-state index in [1.165, 1.54) is 25.2 Å². The van der Waals surface area contributed by atoms with Crippen molar-refractivity contribution in [1.82, 2.24) is 5.32 Å². The van der Waals surface area contributed by atoms with Crippen molar-refractivity contribution >= 4 is 21.6 Å². The molecule has 0 heterocycles. The van der Waals surface area contributed by atoms with Crippen LogP contribution in [0.5, 0.6) is 11.5 Å². The molecule has 0 saturated heterocycles. The first-order chi connectivity index (χ1) is 15.1. The number of amides is 1. The number of benzene rings is 3. The minimum atomic E-state index is -4.57. The number of ether oxygens (including phenoxy) is 1. The first-order valence-corrected chi connectivity index (χ1v) is 10.8. The monoisotopic (exact) mass is 464 g/mol. The normalized spacial score (nSPS) is 11.6. The van der Waals surface area contributed by atoms with Crippen LogP contribution in [0.3, 0.4) is 0 Å². The van der Waals surface area contributed by atoms with Gasteiger partial charge in [-0.15, -0.1) is 0 Å². The van der Waals surface area contributed by atoms with E-state index in [2.05, 4.69) is 0 Å². The van der Waals surface area contributed by atoms with E-state index in [1.54, 1.807) is 41.7 Å². The fourth-order valence-electron chi connectivity index (χ4n) is 2.73. The number of halogens is 3. The standard InChI is InChI=1S/C22H19F3N2O4S/c1-27(17-10-12-19(13-11-17)31-18-7-3-2-4-8-18)32(29,30)20-9-5-6-16(14-20)21(28)26-15-22(23,24)25/h2-14H,15H2,1H3,(H,26,28). The molecule has 3 aromatic carbocycles. The molecule has 10 heteroatoms. The number of rotatable bonds is 7. The van der Waals surface area contributed by atoms with Gasteiger partial charge in [0.2, 0.25) is 0 Å². The Morgan fingerprint density at radius 2 is 1.56 bits per heavy atom. The van der Waals surface area contributed by atoms with Crippen molar-refractivity contribution < 1.29 is 31.1 Å². The number of nitrogens with one attached hydrogen (secondary N) is 1. The molecular weight excluding hydrogens is 445 g/mol. The second-order valence-corrected chi connectivity index (χ2v) is 8.68. The van der Waals surface area contributed by atoms with E-state index in [1.807, 2.05) is 18.2 Å². The molecule has 0 aliphatic rings. The summed E-state index contributed by atoms with van der Waals surface area (Å²) in [6.45, 7) is -1.51. The van der Waals surface area contributed by atoms with Crippen LogP contribution in [0.2, 0.25) is 0 Å². The third-order valence-electron chi connectivity index (χ3n) is 4.38. The van der Waals surface area contributed by atoms with Crippen molar-refractivity contribution in [1.29, 1.82) is 0 Å². The van der Waals surface area contributed by atoms with E-state index in [9.17, 15) is 26.4 Å². The molecule has 168 valence electrons. The second kappa shape index (κ2) is 9.31. The van der Waals surface area contributed by atoms with E-state index in [0.717, 1.165) is 10.4 Å². The summed E-state index contributed by atoms with van der Waals surface area (Å²) in [5.74, 6) is 0.111. The average Bonchev–Trinajstić information content (AvgIpc) is 2.78. The summed E-state index contributed by atoms with van der Waals surface area (Å²) in [4.78, 5) is 11.7. The largest absolute Gasteiger partial charge is 0.457 e. The van der Waals surface area contributed by atoms with Crippen LogP contribution in [-0.4, -0.2) is 34.1 Å². The number of nitrogens with zero attached hydrogens (tertiary/aromatic N) is 1. The lowest BCUT2D eigenvalue weighted by molar-refractivity contribution is -0.123. The van der Waals surface area contributed by atoms with Crippen molar-refractivity contribution in [3.05, 3.63) is 84.4 Å². The zero-order valence-electron chi connectivity index (χ0n) is 16.8. The number of hydrogen-bond donors (Lipinski definition) is 1. The van der Waals surface area contributed by atoms with Gasteiger partial charge in [-0.1, -0.05) is 24.3 Å². The molecule has 0 atom stereocenters. The number of alkyl halides is 3. The summed E-state index contributed by atoms with van der Waals surface area (Å²) in [5, 5.41) is 1.72. The molecule has 0 unspecified atom stereocenters. The lowest BCUT2D eigenvalue weighted by Gasteiger charge is -2.20. The Hall–Kier alpha value is -3.53. The summed E-state index contributed by atoms with van der Waals surface area (Å²) in [6, 6.07) is 20.2. The smallest absolute Gasteiger partial charge is 0.405 e. The highest BCUT2D eigenvalue weighted by Crippen LogP contribution is 2.27. The van der Waals surface area contributed by atoms with E-state index in [0.29, 0.717) is 17.2 Å². The van der Waals surface area contributed by atoms with Crippen LogP contribution in [0.4, 0.5) is 18.9 Å². The van der Waals surface area contributed by atoms with E-state index in [-0.39, 0.29) is 10.5 Å². The van der Waals surface area contributed by atoms with Crippen LogP contribution in [0.1, 0.15) is 10.4 Å². The lowest BCUT2D eigenvalue weighted by atomic mass is 10.2. The van der Waals surface area contributed by atoms with Crippen LogP contribution < -0.4 is 14.4 Å². The summed E-state index contributed by atoms with van der Waals surface area (Å²) < 4.78 is 69.6. The Labute approximate surface area is 183 Å². The molecular formula is C22H19F3N2O4S. The third kappa shape index (κ3) is 5.79. The number of carbonyl (C=O) groups excluding carboxylic acids is 1. The highest BCUT2D eigenvalue weighted by molar-refractivity contribution is 7.92. The van der Waals surface area contributed by atoms with Gasteiger partial charge in [0.25, 0.3) is 15.9 Å². The summed E-state index contributed by atoms with van der Waals surface area (Å²) >= 11 is 0. The minimum Gasteiger partial charge on any atom is -0.457 e. The van der Waals surface area contributed by atoms with Gasteiger partial charge in [0, 0.05) is 12.6 Å². The van der Waals surface area contributed by atoms with Crippen molar-refractivity contribution in [2.45, 2.75) is 11.1 Å². The van der Waals surface area contributed by atoms with Crippen molar-refractivity contribution in [3.8, 4) is 11.5 Å². The molecule has 0 saturated carbocycles. The highest BCUT2D eigenvalue weighted by atomic mass is 32.2. The molecule has 0 aromatic heterocycles. The predicted octanol–water partition coefficient (Wildman–Crippen LogP) is 4.60. The zero-order chi connectivity index (χ0) is 23.4. The average molecular weight is 464 g/mol. The Kier molecular flexibility index (Phi) is 6.73. The second-order valence-electron chi connectivity index (χ2n) is 6.71. The SMILES string of the molecule is CN(c1ccc(Oc2ccccc2)cc1)S(=O)(=O)c1cccc(C(=O)NCC(F)(F)F)c1. The van der Waals surface area contributed by atoms with Crippen LogP contribution in [-0.2, 0) is 10.0 Å². The molecule has 1 amide bonds. The molecule has 3 aromatic rings. The number of carbonyl (C=O) groups is 1. The van der Waals surface area contributed by atoms with Gasteiger partial charge in [-0.05, 0) is 54.6 Å². The fourth-order valence-corrected chi connectivity index (χ4v) is 3.97. The van der Waals surface area contributed by atoms with Gasteiger partial charge >= 0.3 is 6.18 Å². The van der Waals surface area contributed by atoms with Gasteiger partial charge in [-0.25, -0.2) is 8.42 Å². The maximum atomic E-state index is 13.0. The molecule has 32 heavy (non-hydrogen) atoms. The lowest BCUT2D eigenvalue weighted by Crippen LogP contribution is -2.34. The zero-order valence-corrected chi connectivity index (χ0v) is 17.7. The maximum Gasteiger partial charge on any atom is 0.405 e. The Morgan fingerprint density at radius 1 is 0.938 bits per heavy atom. The molecule has 0 fully saturated rings. The van der Waals surface area contributed by atoms with Crippen LogP contribution >= 0.6 is 0 Å². The van der Waals surface area contributed by atoms with Crippen molar-refractivity contribution in [2.24, 2.45) is 0 Å². The topological polar surface area (TPSA) is 75.7 Å². The summed E-state index contributed by atoms with van der Waals surface area (Å²) in [5.41, 5.74) is 0.132. The molecule has 0 spiro atoms. The van der Waals surface area contributed by atoms with Crippen LogP contribution in [0.15, 0.2) is 83.8 Å². The van der Waals surface area contributed by atoms with Gasteiger partial charge in [0.1, 0.15) is 18.0 Å². The quantitative estimate of drug-likeness (QED) is 0.555. The number of hydrogen-bond acceptors (Lipinski definition) is 4. The molecule has 0 radical (unpaired) electrons. The van der Waals surface area contributed by atoms with Crippen molar-refractivity contribution in [2.75, 3.05) is 17.9 Å². The van der Waals surface area contributed by atoms with E-state index >= 15 is 0 Å². The Morgan fingerprint density at radius 3 is 2.19 bits per heavy atom. The van der Waals surface area contributed by atoms with E-state index < -0.39 is 28.7 Å². The van der Waals surface area contributed by atoms with Gasteiger partial charge in [0.05, 0.1) is 10.6 Å². The summed E-state index contributed by atoms with van der Waals surface area (Å²) in [6.07, 6.45) is -4.57. The molecule has 1 N–H and O–H groups in total. The summed E-state index contributed by atoms with van der Waals surface area (Å²) in [7, 11) is -2.74. The van der Waals surface area contributed by atoms with E-state index in [4.69, 9.17) is 4.74 Å². The highest BCUT2D eigenvalue weighted by Gasteiger charge is 2.28. The third-order valence-corrected chi connectivity index (χ3v) is 6.16. The molecule has 0 aliphatic heterocycles.